The van der Waals surface area contributed by atoms with E-state index in [4.69, 9.17) is 4.74 Å². The fraction of sp³-hybridized carbons (Fsp3) is 0.222. The topological polar surface area (TPSA) is 68.6 Å². The number of nitrogens with one attached hydrogen (secondary N) is 1. The summed E-state index contributed by atoms with van der Waals surface area (Å²) in [5.41, 5.74) is 4.97. The Morgan fingerprint density at radius 1 is 1.26 bits per heavy atom. The highest BCUT2D eigenvalue weighted by Gasteiger charge is 2.14. The number of urea groups is 1. The lowest BCUT2D eigenvalue weighted by Crippen LogP contribution is -2.35. The maximum atomic E-state index is 12.4. The van der Waals surface area contributed by atoms with E-state index in [-0.39, 0.29) is 24.1 Å². The summed E-state index contributed by atoms with van der Waals surface area (Å²) in [5, 5.41) is 0. The summed E-state index contributed by atoms with van der Waals surface area (Å²) < 4.78 is 35.8. The van der Waals surface area contributed by atoms with Crippen LogP contribution in [0.25, 0.3) is 11.0 Å². The Balaban J connectivity index is 1.69. The van der Waals surface area contributed by atoms with Crippen molar-refractivity contribution in [2.75, 3.05) is 19.6 Å². The maximum Gasteiger partial charge on any atom is 0.387 e. The van der Waals surface area contributed by atoms with Crippen molar-refractivity contribution in [1.82, 2.24) is 14.6 Å². The third kappa shape index (κ3) is 4.25. The molecular weight excluding hydrogens is 358 g/mol. The zero-order chi connectivity index (χ0) is 19.4. The van der Waals surface area contributed by atoms with Gasteiger partial charge in [0.25, 0.3) is 0 Å². The Morgan fingerprint density at radius 2 is 2.04 bits per heavy atom. The second-order valence-corrected chi connectivity index (χ2v) is 5.74. The second kappa shape index (κ2) is 7.90. The van der Waals surface area contributed by atoms with Gasteiger partial charge >= 0.3 is 12.6 Å². The lowest BCUT2D eigenvalue weighted by atomic mass is 10.2. The SMILES string of the molecule is COc1cc(CN(C)C(=O)Nn2cnc3ccccc32)ccc1OC(F)F. The van der Waals surface area contributed by atoms with Gasteiger partial charge in [0, 0.05) is 13.6 Å². The van der Waals surface area contributed by atoms with Gasteiger partial charge in [-0.3, -0.25) is 0 Å². The first-order valence-corrected chi connectivity index (χ1v) is 8.04. The molecule has 0 radical (unpaired) electrons. The number of imidazole rings is 1. The lowest BCUT2D eigenvalue weighted by Gasteiger charge is -2.19. The van der Waals surface area contributed by atoms with Crippen LogP contribution in [0.3, 0.4) is 0 Å². The molecule has 0 aliphatic rings. The highest BCUT2D eigenvalue weighted by atomic mass is 19.3. The van der Waals surface area contributed by atoms with Crippen LogP contribution < -0.4 is 14.9 Å². The minimum atomic E-state index is -2.94. The zero-order valence-electron chi connectivity index (χ0n) is 14.7. The van der Waals surface area contributed by atoms with Gasteiger partial charge in [0.15, 0.2) is 11.5 Å². The van der Waals surface area contributed by atoms with Crippen LogP contribution in [0.2, 0.25) is 0 Å². The Labute approximate surface area is 154 Å². The van der Waals surface area contributed by atoms with E-state index in [0.717, 1.165) is 11.0 Å². The van der Waals surface area contributed by atoms with Gasteiger partial charge in [0.1, 0.15) is 6.33 Å². The number of nitrogens with zero attached hydrogens (tertiary/aromatic N) is 3. The molecule has 1 heterocycles. The standard InChI is InChI=1S/C18H18F2N4O3/c1-23(10-12-7-8-15(27-17(19)20)16(9-12)26-2)18(25)22-24-11-21-13-5-3-4-6-14(13)24/h3-9,11,17H,10H2,1-2H3,(H,22,25). The van der Waals surface area contributed by atoms with Gasteiger partial charge in [-0.2, -0.15) is 8.78 Å². The molecule has 0 aliphatic heterocycles. The minimum absolute atomic E-state index is 0.0618. The predicted molar refractivity (Wildman–Crippen MR) is 95.6 cm³/mol. The molecule has 9 heteroatoms. The van der Waals surface area contributed by atoms with Crippen LogP contribution in [0.4, 0.5) is 13.6 Å². The van der Waals surface area contributed by atoms with Crippen LogP contribution in [0, 0.1) is 0 Å². The van der Waals surface area contributed by atoms with Crippen molar-refractivity contribution in [3.63, 3.8) is 0 Å². The van der Waals surface area contributed by atoms with Gasteiger partial charge < -0.3 is 14.4 Å². The van der Waals surface area contributed by atoms with Gasteiger partial charge in [0.05, 0.1) is 18.1 Å². The molecule has 0 saturated heterocycles. The molecule has 7 nitrogen and oxygen atoms in total. The number of para-hydroxylation sites is 2. The minimum Gasteiger partial charge on any atom is -0.493 e. The quantitative estimate of drug-likeness (QED) is 0.716. The number of benzene rings is 2. The number of fused-ring (bicyclic) bond motifs is 1. The van der Waals surface area contributed by atoms with E-state index in [1.165, 1.54) is 29.1 Å². The number of methoxy groups -OCH3 is 1. The number of aromatic nitrogens is 2. The number of amides is 2. The molecule has 3 rings (SSSR count). The highest BCUT2D eigenvalue weighted by Crippen LogP contribution is 2.29. The summed E-state index contributed by atoms with van der Waals surface area (Å²) in [6.45, 7) is -2.70. The van der Waals surface area contributed by atoms with Crippen LogP contribution >= 0.6 is 0 Å². The third-order valence-electron chi connectivity index (χ3n) is 3.88. The van der Waals surface area contributed by atoms with Gasteiger partial charge in [-0.25, -0.2) is 19.9 Å². The van der Waals surface area contributed by atoms with Crippen molar-refractivity contribution < 1.29 is 23.0 Å². The number of hydrogen-bond acceptors (Lipinski definition) is 4. The molecule has 1 aromatic heterocycles. The molecule has 142 valence electrons. The summed E-state index contributed by atoms with van der Waals surface area (Å²) in [6.07, 6.45) is 1.52. The average Bonchev–Trinajstić information content (AvgIpc) is 3.05. The van der Waals surface area contributed by atoms with Crippen molar-refractivity contribution >= 4 is 17.1 Å². The molecule has 0 unspecified atom stereocenters. The molecule has 0 spiro atoms. The molecule has 3 aromatic rings. The molecule has 0 bridgehead atoms. The molecule has 27 heavy (non-hydrogen) atoms. The summed E-state index contributed by atoms with van der Waals surface area (Å²) in [5.74, 6) is 0.107. The average molecular weight is 376 g/mol. The number of rotatable bonds is 6. The molecule has 2 aromatic carbocycles. The molecular formula is C18H18F2N4O3. The summed E-state index contributed by atoms with van der Waals surface area (Å²) in [6, 6.07) is 11.6. The van der Waals surface area contributed by atoms with E-state index >= 15 is 0 Å². The van der Waals surface area contributed by atoms with E-state index in [0.29, 0.717) is 5.56 Å². The van der Waals surface area contributed by atoms with Crippen molar-refractivity contribution in [2.24, 2.45) is 0 Å². The third-order valence-corrected chi connectivity index (χ3v) is 3.88. The summed E-state index contributed by atoms with van der Waals surface area (Å²) >= 11 is 0. The van der Waals surface area contributed by atoms with Crippen LogP contribution in [0.1, 0.15) is 5.56 Å². The lowest BCUT2D eigenvalue weighted by molar-refractivity contribution is -0.0512. The van der Waals surface area contributed by atoms with Crippen LogP contribution in [0.15, 0.2) is 48.8 Å². The largest absolute Gasteiger partial charge is 0.493 e. The first-order valence-electron chi connectivity index (χ1n) is 8.04. The highest BCUT2D eigenvalue weighted by molar-refractivity contribution is 5.85. The molecule has 1 N–H and O–H groups in total. The molecule has 0 aliphatic carbocycles. The molecule has 0 fully saturated rings. The van der Waals surface area contributed by atoms with Crippen LogP contribution in [0.5, 0.6) is 11.5 Å². The Hall–Kier alpha value is -3.36. The van der Waals surface area contributed by atoms with Gasteiger partial charge in [-0.1, -0.05) is 18.2 Å². The van der Waals surface area contributed by atoms with Crippen LogP contribution in [-0.4, -0.2) is 41.4 Å². The number of halogens is 2. The van der Waals surface area contributed by atoms with Gasteiger partial charge in [0.2, 0.25) is 0 Å². The van der Waals surface area contributed by atoms with E-state index in [1.54, 1.807) is 19.2 Å². The number of ether oxygens (including phenoxy) is 2. The van der Waals surface area contributed by atoms with E-state index in [1.807, 2.05) is 24.3 Å². The Morgan fingerprint density at radius 3 is 2.78 bits per heavy atom. The smallest absolute Gasteiger partial charge is 0.387 e. The maximum absolute atomic E-state index is 12.4. The fourth-order valence-corrected chi connectivity index (χ4v) is 2.59. The predicted octanol–water partition coefficient (Wildman–Crippen LogP) is 3.44. The molecule has 0 atom stereocenters. The monoisotopic (exact) mass is 376 g/mol. The Bertz CT molecular complexity index is 945. The number of carbonyl (C=O) groups is 1. The van der Waals surface area contributed by atoms with Crippen molar-refractivity contribution in [3.8, 4) is 11.5 Å². The number of hydrogen-bond donors (Lipinski definition) is 1. The fourth-order valence-electron chi connectivity index (χ4n) is 2.59. The second-order valence-electron chi connectivity index (χ2n) is 5.74. The summed E-state index contributed by atoms with van der Waals surface area (Å²) in [4.78, 5) is 18.1. The van der Waals surface area contributed by atoms with E-state index in [9.17, 15) is 13.6 Å². The Kier molecular flexibility index (Phi) is 5.39. The van der Waals surface area contributed by atoms with Crippen LogP contribution in [-0.2, 0) is 6.54 Å². The van der Waals surface area contributed by atoms with Gasteiger partial charge in [-0.05, 0) is 29.8 Å². The van der Waals surface area contributed by atoms with Crippen molar-refractivity contribution in [3.05, 3.63) is 54.4 Å². The zero-order valence-corrected chi connectivity index (χ0v) is 14.7. The van der Waals surface area contributed by atoms with E-state index < -0.39 is 6.61 Å². The first-order chi connectivity index (χ1) is 13.0. The van der Waals surface area contributed by atoms with Crippen molar-refractivity contribution in [1.29, 1.82) is 0 Å². The first kappa shape index (κ1) is 18.4. The summed E-state index contributed by atoms with van der Waals surface area (Å²) in [7, 11) is 2.97. The number of alkyl halides is 2. The normalized spacial score (nSPS) is 10.9. The molecule has 2 amide bonds. The van der Waals surface area contributed by atoms with Crippen molar-refractivity contribution in [2.45, 2.75) is 13.2 Å². The number of carbonyl (C=O) groups excluding carboxylic acids is 1. The molecule has 0 saturated carbocycles. The van der Waals surface area contributed by atoms with Gasteiger partial charge in [-0.15, -0.1) is 0 Å². The van der Waals surface area contributed by atoms with E-state index in [2.05, 4.69) is 15.1 Å².